The maximum absolute atomic E-state index is 13.3. The molecule has 0 radical (unpaired) electrons. The van der Waals surface area contributed by atoms with Crippen LogP contribution in [0, 0.1) is 5.92 Å². The number of nitrogens with one attached hydrogen (secondary N) is 1. The molecule has 2 fully saturated rings. The summed E-state index contributed by atoms with van der Waals surface area (Å²) < 4.78 is 31.5. The molecule has 36 heavy (non-hydrogen) atoms. The first-order chi connectivity index (χ1) is 17.2. The van der Waals surface area contributed by atoms with Crippen LogP contribution >= 0.6 is 0 Å². The normalized spacial score (nSPS) is 23.8. The molecule has 1 saturated heterocycles. The third-order valence-electron chi connectivity index (χ3n) is 7.91. The topological polar surface area (TPSA) is 74.7 Å². The Hall–Kier alpha value is -2.68. The van der Waals surface area contributed by atoms with Gasteiger partial charge in [0.15, 0.2) is 0 Å². The van der Waals surface area contributed by atoms with Gasteiger partial charge in [-0.1, -0.05) is 36.4 Å². The molecule has 0 spiro atoms. The van der Waals surface area contributed by atoms with Gasteiger partial charge in [0.2, 0.25) is 15.9 Å². The SMILES string of the molecule is CC1CN(C)CCN1C(=O)C1CCC(NS(=O)(=O)c2ccc3cc(-c4ccccc4)n(C)c3c2)CC1. The fraction of sp³-hybridized carbons (Fsp3) is 0.464. The molecule has 1 unspecified atom stereocenters. The Bertz CT molecular complexity index is 1340. The van der Waals surface area contributed by atoms with Gasteiger partial charge in [0, 0.05) is 61.3 Å². The second kappa shape index (κ2) is 10.00. The average Bonchev–Trinajstić information content (AvgIpc) is 3.20. The van der Waals surface area contributed by atoms with E-state index in [0.29, 0.717) is 12.8 Å². The largest absolute Gasteiger partial charge is 0.344 e. The lowest BCUT2D eigenvalue weighted by Crippen LogP contribution is -2.54. The molecule has 8 heteroatoms. The second-order valence-electron chi connectivity index (χ2n) is 10.5. The van der Waals surface area contributed by atoms with Crippen molar-refractivity contribution in [3.8, 4) is 11.3 Å². The summed E-state index contributed by atoms with van der Waals surface area (Å²) in [6.07, 6.45) is 2.81. The summed E-state index contributed by atoms with van der Waals surface area (Å²) in [5.74, 6) is 0.230. The first kappa shape index (κ1) is 25.0. The Kier molecular flexibility index (Phi) is 6.94. The van der Waals surface area contributed by atoms with Crippen LogP contribution in [0.5, 0.6) is 0 Å². The van der Waals surface area contributed by atoms with Gasteiger partial charge in [-0.05, 0) is 63.4 Å². The van der Waals surface area contributed by atoms with E-state index in [0.717, 1.165) is 54.6 Å². The van der Waals surface area contributed by atoms with Gasteiger partial charge in [-0.25, -0.2) is 13.1 Å². The molecular weight excluding hydrogens is 472 g/mol. The van der Waals surface area contributed by atoms with E-state index in [-0.39, 0.29) is 28.8 Å². The zero-order chi connectivity index (χ0) is 25.4. The Balaban J connectivity index is 1.25. The van der Waals surface area contributed by atoms with E-state index in [1.807, 2.05) is 40.8 Å². The fourth-order valence-electron chi connectivity index (χ4n) is 5.81. The van der Waals surface area contributed by atoms with Crippen LogP contribution in [0.15, 0.2) is 59.5 Å². The molecular formula is C28H36N4O3S. The zero-order valence-electron chi connectivity index (χ0n) is 21.4. The molecule has 2 aromatic carbocycles. The van der Waals surface area contributed by atoms with Gasteiger partial charge in [0.05, 0.1) is 4.90 Å². The molecule has 1 amide bonds. The Labute approximate surface area is 214 Å². The Morgan fingerprint density at radius 2 is 1.67 bits per heavy atom. The summed E-state index contributed by atoms with van der Waals surface area (Å²) >= 11 is 0. The van der Waals surface area contributed by atoms with Crippen LogP contribution < -0.4 is 4.72 Å². The maximum atomic E-state index is 13.3. The summed E-state index contributed by atoms with van der Waals surface area (Å²) in [4.78, 5) is 17.7. The van der Waals surface area contributed by atoms with Crippen LogP contribution in [0.25, 0.3) is 22.2 Å². The van der Waals surface area contributed by atoms with Crippen molar-refractivity contribution in [2.24, 2.45) is 13.0 Å². The van der Waals surface area contributed by atoms with Gasteiger partial charge < -0.3 is 14.4 Å². The minimum absolute atomic E-state index is 0.00673. The lowest BCUT2D eigenvalue weighted by molar-refractivity contribution is -0.141. The van der Waals surface area contributed by atoms with Gasteiger partial charge in [0.25, 0.3) is 0 Å². The fourth-order valence-corrected chi connectivity index (χ4v) is 7.13. The molecule has 2 heterocycles. The molecule has 5 rings (SSSR count). The smallest absolute Gasteiger partial charge is 0.240 e. The van der Waals surface area contributed by atoms with Crippen molar-refractivity contribution in [2.75, 3.05) is 26.7 Å². The van der Waals surface area contributed by atoms with E-state index in [4.69, 9.17) is 0 Å². The number of aryl methyl sites for hydroxylation is 1. The van der Waals surface area contributed by atoms with Crippen LogP contribution in [0.3, 0.4) is 0 Å². The van der Waals surface area contributed by atoms with Crippen molar-refractivity contribution in [1.29, 1.82) is 0 Å². The lowest BCUT2D eigenvalue weighted by Gasteiger charge is -2.41. The first-order valence-corrected chi connectivity index (χ1v) is 14.4. The van der Waals surface area contributed by atoms with Crippen molar-refractivity contribution in [3.63, 3.8) is 0 Å². The van der Waals surface area contributed by atoms with Gasteiger partial charge in [0.1, 0.15) is 0 Å². The Morgan fingerprint density at radius 1 is 0.944 bits per heavy atom. The average molecular weight is 509 g/mol. The molecule has 1 aliphatic carbocycles. The number of likely N-dealkylation sites (N-methyl/N-ethyl adjacent to an activating group) is 1. The molecule has 1 N–H and O–H groups in total. The van der Waals surface area contributed by atoms with Crippen LogP contribution in [0.1, 0.15) is 32.6 Å². The number of amides is 1. The summed E-state index contributed by atoms with van der Waals surface area (Å²) in [7, 11) is 0.396. The second-order valence-corrected chi connectivity index (χ2v) is 12.2. The summed E-state index contributed by atoms with van der Waals surface area (Å²) in [6, 6.07) is 17.6. The standard InChI is InChI=1S/C28H36N4O3S/c1-20-19-30(2)15-16-32(20)28(33)22-9-12-24(13-10-22)29-36(34,35)25-14-11-23-17-26(31(3)27(23)18-25)21-7-5-4-6-8-21/h4-8,11,14,17-18,20,22,24,29H,9-10,12-13,15-16,19H2,1-3H3. The minimum Gasteiger partial charge on any atom is -0.344 e. The third-order valence-corrected chi connectivity index (χ3v) is 9.43. The number of sulfonamides is 1. The number of benzene rings is 2. The number of rotatable bonds is 5. The predicted octanol–water partition coefficient (Wildman–Crippen LogP) is 3.84. The molecule has 7 nitrogen and oxygen atoms in total. The highest BCUT2D eigenvalue weighted by atomic mass is 32.2. The third kappa shape index (κ3) is 4.94. The molecule has 3 aromatic rings. The van der Waals surface area contributed by atoms with E-state index < -0.39 is 10.0 Å². The highest BCUT2D eigenvalue weighted by Crippen LogP contribution is 2.31. The molecule has 0 bridgehead atoms. The van der Waals surface area contributed by atoms with E-state index in [1.54, 1.807) is 12.1 Å². The molecule has 1 saturated carbocycles. The first-order valence-electron chi connectivity index (χ1n) is 12.9. The lowest BCUT2D eigenvalue weighted by atomic mass is 9.85. The van der Waals surface area contributed by atoms with Gasteiger partial charge in [-0.3, -0.25) is 4.79 Å². The van der Waals surface area contributed by atoms with E-state index >= 15 is 0 Å². The van der Waals surface area contributed by atoms with E-state index in [1.165, 1.54) is 0 Å². The number of hydrogen-bond acceptors (Lipinski definition) is 4. The number of aromatic nitrogens is 1. The number of fused-ring (bicyclic) bond motifs is 1. The van der Waals surface area contributed by atoms with Gasteiger partial charge in [-0.15, -0.1) is 0 Å². The summed E-state index contributed by atoms with van der Waals surface area (Å²) in [5, 5.41) is 1.01. The number of nitrogens with zero attached hydrogens (tertiary/aromatic N) is 3. The van der Waals surface area contributed by atoms with Crippen molar-refractivity contribution in [2.45, 2.75) is 49.6 Å². The highest BCUT2D eigenvalue weighted by molar-refractivity contribution is 7.89. The number of piperazine rings is 1. The van der Waals surface area contributed by atoms with Crippen LogP contribution in [0.4, 0.5) is 0 Å². The van der Waals surface area contributed by atoms with Crippen LogP contribution in [0.2, 0.25) is 0 Å². The molecule has 2 aliphatic rings. The Morgan fingerprint density at radius 3 is 2.36 bits per heavy atom. The van der Waals surface area contributed by atoms with Crippen molar-refractivity contribution in [3.05, 3.63) is 54.6 Å². The summed E-state index contributed by atoms with van der Waals surface area (Å²) in [6.45, 7) is 4.69. The number of carbonyl (C=O) groups is 1. The quantitative estimate of drug-likeness (QED) is 0.568. The zero-order valence-corrected chi connectivity index (χ0v) is 22.2. The van der Waals surface area contributed by atoms with Crippen LogP contribution in [-0.2, 0) is 21.9 Å². The molecule has 1 atom stereocenters. The van der Waals surface area contributed by atoms with Crippen molar-refractivity contribution >= 4 is 26.8 Å². The van der Waals surface area contributed by atoms with Crippen molar-refractivity contribution < 1.29 is 13.2 Å². The predicted molar refractivity (Wildman–Crippen MR) is 143 cm³/mol. The van der Waals surface area contributed by atoms with Gasteiger partial charge >= 0.3 is 0 Å². The monoisotopic (exact) mass is 508 g/mol. The minimum atomic E-state index is -3.66. The molecule has 192 valence electrons. The highest BCUT2D eigenvalue weighted by Gasteiger charge is 2.34. The molecule has 1 aliphatic heterocycles. The van der Waals surface area contributed by atoms with Crippen molar-refractivity contribution in [1.82, 2.24) is 19.1 Å². The number of hydrogen-bond donors (Lipinski definition) is 1. The number of carbonyl (C=O) groups excluding carboxylic acids is 1. The van der Waals surface area contributed by atoms with Gasteiger partial charge in [-0.2, -0.15) is 0 Å². The molecule has 1 aromatic heterocycles. The maximum Gasteiger partial charge on any atom is 0.240 e. The van der Waals surface area contributed by atoms with E-state index in [9.17, 15) is 13.2 Å². The van der Waals surface area contributed by atoms with E-state index in [2.05, 4.69) is 41.8 Å². The van der Waals surface area contributed by atoms with Crippen LogP contribution in [-0.4, -0.2) is 67.5 Å². The summed E-state index contributed by atoms with van der Waals surface area (Å²) in [5.41, 5.74) is 3.02.